The normalized spacial score (nSPS) is 15.8. The minimum absolute atomic E-state index is 0.0921. The van der Waals surface area contributed by atoms with E-state index in [1.54, 1.807) is 4.90 Å². The van der Waals surface area contributed by atoms with Crippen LogP contribution in [0.5, 0.6) is 0 Å². The molecule has 1 heterocycles. The highest BCUT2D eigenvalue weighted by molar-refractivity contribution is 9.10. The van der Waals surface area contributed by atoms with Gasteiger partial charge in [0.2, 0.25) is 0 Å². The zero-order valence-electron chi connectivity index (χ0n) is 13.7. The fraction of sp³-hybridized carbons (Fsp3) is 0.316. The van der Waals surface area contributed by atoms with Crippen LogP contribution in [0, 0.1) is 17.1 Å². The molecule has 0 radical (unpaired) electrons. The molecule has 0 amide bonds. The van der Waals surface area contributed by atoms with E-state index in [1.165, 1.54) is 17.7 Å². The summed E-state index contributed by atoms with van der Waals surface area (Å²) in [7, 11) is 0. The highest BCUT2D eigenvalue weighted by Crippen LogP contribution is 2.39. The molecule has 2 nitrogen and oxygen atoms in total. The van der Waals surface area contributed by atoms with Crippen molar-refractivity contribution in [1.29, 1.82) is 5.26 Å². The number of benzene rings is 2. The number of halogens is 5. The Balaban J connectivity index is 1.82. The summed E-state index contributed by atoms with van der Waals surface area (Å²) in [6, 6.07) is 11.7. The lowest BCUT2D eigenvalue weighted by molar-refractivity contribution is -0.140. The third-order valence-corrected chi connectivity index (χ3v) is 5.23. The van der Waals surface area contributed by atoms with E-state index in [9.17, 15) is 17.6 Å². The van der Waals surface area contributed by atoms with E-state index in [1.807, 2.05) is 24.3 Å². The Kier molecular flexibility index (Phi) is 5.24. The van der Waals surface area contributed by atoms with Crippen molar-refractivity contribution in [3.05, 3.63) is 63.4 Å². The second kappa shape index (κ2) is 7.28. The van der Waals surface area contributed by atoms with Gasteiger partial charge in [-0.1, -0.05) is 28.1 Å². The van der Waals surface area contributed by atoms with Crippen LogP contribution in [0.4, 0.5) is 23.2 Å². The molecule has 1 aliphatic rings. The van der Waals surface area contributed by atoms with Crippen molar-refractivity contribution in [2.45, 2.75) is 24.9 Å². The van der Waals surface area contributed by atoms with Crippen LogP contribution < -0.4 is 4.90 Å². The van der Waals surface area contributed by atoms with Gasteiger partial charge in [0.1, 0.15) is 5.56 Å². The second-order valence-corrected chi connectivity index (χ2v) is 7.16. The van der Waals surface area contributed by atoms with Crippen LogP contribution in [0.25, 0.3) is 0 Å². The van der Waals surface area contributed by atoms with Gasteiger partial charge < -0.3 is 4.90 Å². The van der Waals surface area contributed by atoms with E-state index in [2.05, 4.69) is 15.9 Å². The number of hydrogen-bond donors (Lipinski definition) is 0. The van der Waals surface area contributed by atoms with Gasteiger partial charge in [-0.2, -0.15) is 18.4 Å². The first-order valence-corrected chi connectivity index (χ1v) is 8.90. The SMILES string of the molecule is N#Cc1ccc(N2CCC(c3ccc(Br)cc3)CC2)c(F)c1C(F)(F)F. The summed E-state index contributed by atoms with van der Waals surface area (Å²) in [5, 5.41) is 8.85. The molecule has 1 aliphatic heterocycles. The smallest absolute Gasteiger partial charge is 0.369 e. The van der Waals surface area contributed by atoms with Crippen molar-refractivity contribution < 1.29 is 17.6 Å². The lowest BCUT2D eigenvalue weighted by Crippen LogP contribution is -2.34. The topological polar surface area (TPSA) is 27.0 Å². The van der Waals surface area contributed by atoms with Crippen LogP contribution in [-0.2, 0) is 6.18 Å². The molecule has 2 aromatic rings. The van der Waals surface area contributed by atoms with E-state index in [0.717, 1.165) is 23.4 Å². The first kappa shape index (κ1) is 18.7. The Morgan fingerprint density at radius 2 is 1.65 bits per heavy atom. The Bertz CT molecular complexity index is 832. The maximum Gasteiger partial charge on any atom is 0.420 e. The van der Waals surface area contributed by atoms with Crippen LogP contribution in [0.3, 0.4) is 0 Å². The lowest BCUT2D eigenvalue weighted by atomic mass is 9.89. The van der Waals surface area contributed by atoms with E-state index in [-0.39, 0.29) is 5.69 Å². The third-order valence-electron chi connectivity index (χ3n) is 4.70. The Morgan fingerprint density at radius 1 is 1.04 bits per heavy atom. The van der Waals surface area contributed by atoms with Gasteiger partial charge in [-0.3, -0.25) is 0 Å². The molecular weight excluding hydrogens is 412 g/mol. The summed E-state index contributed by atoms with van der Waals surface area (Å²) in [6.45, 7) is 0.918. The summed E-state index contributed by atoms with van der Waals surface area (Å²) >= 11 is 3.39. The second-order valence-electron chi connectivity index (χ2n) is 6.24. The van der Waals surface area contributed by atoms with Crippen molar-refractivity contribution >= 4 is 21.6 Å². The fourth-order valence-electron chi connectivity index (χ4n) is 3.37. The lowest BCUT2D eigenvalue weighted by Gasteiger charge is -2.34. The summed E-state index contributed by atoms with van der Waals surface area (Å²) in [5.74, 6) is -1.07. The van der Waals surface area contributed by atoms with Gasteiger partial charge in [0.25, 0.3) is 0 Å². The molecule has 0 bridgehead atoms. The van der Waals surface area contributed by atoms with Crippen LogP contribution >= 0.6 is 15.9 Å². The molecule has 2 aromatic carbocycles. The number of piperidine rings is 1. The van der Waals surface area contributed by atoms with Crippen molar-refractivity contribution in [3.8, 4) is 6.07 Å². The van der Waals surface area contributed by atoms with Crippen LogP contribution in [0.15, 0.2) is 40.9 Å². The molecule has 0 aliphatic carbocycles. The summed E-state index contributed by atoms with van der Waals surface area (Å²) in [6.07, 6.45) is -3.45. The fourth-order valence-corrected chi connectivity index (χ4v) is 3.63. The Labute approximate surface area is 157 Å². The average molecular weight is 427 g/mol. The maximum atomic E-state index is 14.5. The first-order valence-electron chi connectivity index (χ1n) is 8.11. The number of hydrogen-bond acceptors (Lipinski definition) is 2. The van der Waals surface area contributed by atoms with E-state index in [4.69, 9.17) is 5.26 Å². The van der Waals surface area contributed by atoms with Crippen LogP contribution in [-0.4, -0.2) is 13.1 Å². The summed E-state index contributed by atoms with van der Waals surface area (Å²) < 4.78 is 55.0. The molecule has 0 spiro atoms. The van der Waals surface area contributed by atoms with Crippen molar-refractivity contribution in [3.63, 3.8) is 0 Å². The number of rotatable bonds is 2. The zero-order chi connectivity index (χ0) is 18.9. The number of nitrogens with zero attached hydrogens (tertiary/aromatic N) is 2. The molecule has 7 heteroatoms. The minimum atomic E-state index is -4.90. The highest BCUT2D eigenvalue weighted by atomic mass is 79.9. The quantitative estimate of drug-likeness (QED) is 0.562. The number of alkyl halides is 3. The van der Waals surface area contributed by atoms with Gasteiger partial charge in [0, 0.05) is 17.6 Å². The molecule has 136 valence electrons. The van der Waals surface area contributed by atoms with E-state index < -0.39 is 23.1 Å². The summed E-state index contributed by atoms with van der Waals surface area (Å²) in [5.41, 5.74) is -1.09. The van der Waals surface area contributed by atoms with Gasteiger partial charge in [-0.15, -0.1) is 0 Å². The van der Waals surface area contributed by atoms with Gasteiger partial charge in [0.05, 0.1) is 17.3 Å². The molecule has 0 atom stereocenters. The predicted octanol–water partition coefficient (Wildman–Crippen LogP) is 5.86. The number of anilines is 1. The van der Waals surface area contributed by atoms with E-state index in [0.29, 0.717) is 19.0 Å². The maximum absolute atomic E-state index is 14.5. The minimum Gasteiger partial charge on any atom is -0.369 e. The van der Waals surface area contributed by atoms with E-state index >= 15 is 0 Å². The molecule has 0 unspecified atom stereocenters. The summed E-state index contributed by atoms with van der Waals surface area (Å²) in [4.78, 5) is 1.63. The van der Waals surface area contributed by atoms with Crippen molar-refractivity contribution in [2.75, 3.05) is 18.0 Å². The third kappa shape index (κ3) is 3.70. The number of nitriles is 1. The molecule has 26 heavy (non-hydrogen) atoms. The highest BCUT2D eigenvalue weighted by Gasteiger charge is 2.39. The average Bonchev–Trinajstić information content (AvgIpc) is 2.61. The molecule has 0 aromatic heterocycles. The largest absolute Gasteiger partial charge is 0.420 e. The molecule has 3 rings (SSSR count). The monoisotopic (exact) mass is 426 g/mol. The van der Waals surface area contributed by atoms with Crippen molar-refractivity contribution in [2.24, 2.45) is 0 Å². The zero-order valence-corrected chi connectivity index (χ0v) is 15.2. The van der Waals surface area contributed by atoms with Gasteiger partial charge in [-0.25, -0.2) is 4.39 Å². The molecule has 0 N–H and O–H groups in total. The van der Waals surface area contributed by atoms with Crippen LogP contribution in [0.1, 0.15) is 35.4 Å². The Hall–Kier alpha value is -2.07. The molecular formula is C19H15BrF4N2. The van der Waals surface area contributed by atoms with Crippen molar-refractivity contribution in [1.82, 2.24) is 0 Å². The van der Waals surface area contributed by atoms with Gasteiger partial charge >= 0.3 is 6.18 Å². The predicted molar refractivity (Wildman–Crippen MR) is 94.4 cm³/mol. The Morgan fingerprint density at radius 3 is 2.19 bits per heavy atom. The van der Waals surface area contributed by atoms with Crippen LogP contribution in [0.2, 0.25) is 0 Å². The van der Waals surface area contributed by atoms with Gasteiger partial charge in [-0.05, 0) is 48.6 Å². The first-order chi connectivity index (χ1) is 12.3. The standard InChI is InChI=1S/C19H15BrF4N2/c20-15-4-1-12(2-5-15)13-7-9-26(10-8-13)16-6-3-14(11-25)17(18(16)21)19(22,23)24/h1-6,13H,7-10H2. The molecule has 1 saturated heterocycles. The molecule has 0 saturated carbocycles. The van der Waals surface area contributed by atoms with Gasteiger partial charge in [0.15, 0.2) is 5.82 Å². The molecule has 1 fully saturated rings.